The zero-order chi connectivity index (χ0) is 61.7. The van der Waals surface area contributed by atoms with E-state index in [0.717, 1.165) is 0 Å². The molecule has 0 aliphatic rings. The fourth-order valence-electron chi connectivity index (χ4n) is 7.52. The Hall–Kier alpha value is -7.76. The van der Waals surface area contributed by atoms with Crippen molar-refractivity contribution in [3.63, 3.8) is 0 Å². The molecule has 4 aromatic rings. The number of oxazole rings is 1. The maximum absolute atomic E-state index is 14.2. The van der Waals surface area contributed by atoms with E-state index < -0.39 is 84.0 Å². The van der Waals surface area contributed by atoms with E-state index in [-0.39, 0.29) is 70.9 Å². The second-order valence-corrected chi connectivity index (χ2v) is 24.5. The molecule has 0 aliphatic carbocycles. The molecule has 2 heterocycles. The highest BCUT2D eigenvalue weighted by molar-refractivity contribution is 7.98. The number of carbonyl (C=O) groups excluding carboxylic acids is 6. The number of hydrogen-bond donors (Lipinski definition) is 4. The van der Waals surface area contributed by atoms with Gasteiger partial charge in [0.25, 0.3) is 0 Å². The Morgan fingerprint density at radius 1 is 0.723 bits per heavy atom. The number of nitrogens with two attached hydrogens (primary N) is 1. The summed E-state index contributed by atoms with van der Waals surface area (Å²) in [5.74, 6) is -1.46. The summed E-state index contributed by atoms with van der Waals surface area (Å²) in [6, 6.07) is 12.9. The van der Waals surface area contributed by atoms with E-state index in [4.69, 9.17) is 61.5 Å². The summed E-state index contributed by atoms with van der Waals surface area (Å²) in [5.41, 5.74) is 5.10. The van der Waals surface area contributed by atoms with Gasteiger partial charge in [0, 0.05) is 34.9 Å². The number of amides is 3. The van der Waals surface area contributed by atoms with Crippen molar-refractivity contribution in [1.29, 1.82) is 5.26 Å². The zero-order valence-electron chi connectivity index (χ0n) is 49.3. The fraction of sp³-hybridized carbons (Fsp3) is 0.525. The molecule has 450 valence electrons. The molecule has 24 heteroatoms. The molecule has 5 N–H and O–H groups in total. The zero-order valence-corrected chi connectivity index (χ0v) is 50.9. The van der Waals surface area contributed by atoms with Crippen molar-refractivity contribution in [1.82, 2.24) is 25.9 Å². The number of pyridine rings is 1. The van der Waals surface area contributed by atoms with Crippen LogP contribution in [0.1, 0.15) is 146 Å². The average molecular weight is 1190 g/mol. The van der Waals surface area contributed by atoms with Crippen molar-refractivity contribution in [3.05, 3.63) is 82.5 Å². The van der Waals surface area contributed by atoms with Crippen molar-refractivity contribution in [2.45, 2.75) is 186 Å². The lowest BCUT2D eigenvalue weighted by molar-refractivity contribution is -0.163. The lowest BCUT2D eigenvalue weighted by atomic mass is 10.00. The number of hydrogen-bond acceptors (Lipinski definition) is 19. The number of thioether (sulfide) groups is 1. The van der Waals surface area contributed by atoms with Gasteiger partial charge in [-0.25, -0.2) is 38.8 Å². The lowest BCUT2D eigenvalue weighted by Gasteiger charge is -2.26. The van der Waals surface area contributed by atoms with Crippen LogP contribution in [0, 0.1) is 17.9 Å². The van der Waals surface area contributed by atoms with Crippen LogP contribution in [0.3, 0.4) is 0 Å². The quantitative estimate of drug-likeness (QED) is 0.0149. The number of unbranched alkanes of at least 4 members (excludes halogenated alkanes) is 3. The van der Waals surface area contributed by atoms with Crippen LogP contribution in [0.25, 0.3) is 27.4 Å². The molecule has 0 spiro atoms. The SMILES string of the molecule is [C-]#[N+]c1c(N)nc(SCc2coc(-c3ccc(Cl)cc3)n2)c(C#N)c1-c1ccc(OC[C@@H](COC(=O)[C@H](CCCCCC(=O)OC(C)(C)C)NC(=O)OC(C)(C)C)OC(=O)[C@H](CCCCNC(=O)OC(C)(C)C)NC(=O)OC(C)(C)C)cc1. The number of ether oxygens (including phenoxy) is 7. The summed E-state index contributed by atoms with van der Waals surface area (Å²) in [6.07, 6.45) is 0.0217. The number of rotatable bonds is 26. The number of nitrogens with zero attached hydrogens (tertiary/aromatic N) is 4. The number of halogens is 1. The summed E-state index contributed by atoms with van der Waals surface area (Å²) in [6.45, 7) is 27.6. The summed E-state index contributed by atoms with van der Waals surface area (Å²) in [5, 5.41) is 19.1. The normalized spacial score (nSPS) is 12.7. The smallest absolute Gasteiger partial charge is 0.408 e. The first-order valence-corrected chi connectivity index (χ1v) is 28.4. The van der Waals surface area contributed by atoms with Crippen molar-refractivity contribution in [2.24, 2.45) is 0 Å². The third-order valence-electron chi connectivity index (χ3n) is 11.0. The number of anilines is 1. The number of nitrogens with one attached hydrogen (secondary N) is 3. The number of nitrogen functional groups attached to an aromatic ring is 1. The molecule has 2 aromatic carbocycles. The number of benzene rings is 2. The van der Waals surface area contributed by atoms with Gasteiger partial charge >= 0.3 is 36.2 Å². The number of esters is 3. The molecule has 0 saturated heterocycles. The van der Waals surface area contributed by atoms with E-state index >= 15 is 0 Å². The number of nitriles is 1. The van der Waals surface area contributed by atoms with Crippen LogP contribution in [-0.4, -0.2) is 107 Å². The van der Waals surface area contributed by atoms with Gasteiger partial charge in [-0.05, 0) is 157 Å². The fourth-order valence-corrected chi connectivity index (χ4v) is 8.52. The Bertz CT molecular complexity index is 2930. The van der Waals surface area contributed by atoms with Gasteiger partial charge < -0.3 is 59.3 Å². The van der Waals surface area contributed by atoms with Gasteiger partial charge in [0.15, 0.2) is 6.10 Å². The van der Waals surface area contributed by atoms with Crippen molar-refractivity contribution >= 4 is 71.1 Å². The summed E-state index contributed by atoms with van der Waals surface area (Å²) in [4.78, 5) is 91.5. The molecule has 0 aliphatic heterocycles. The molecule has 0 fully saturated rings. The average Bonchev–Trinajstić information content (AvgIpc) is 4.03. The first kappa shape index (κ1) is 67.7. The molecular weight excluding hydrogens is 1110 g/mol. The van der Waals surface area contributed by atoms with Crippen LogP contribution in [0.2, 0.25) is 5.02 Å². The number of aromatic nitrogens is 2. The van der Waals surface area contributed by atoms with Crippen LogP contribution in [0.5, 0.6) is 5.75 Å². The molecule has 3 atom stereocenters. The van der Waals surface area contributed by atoms with Crippen LogP contribution >= 0.6 is 23.4 Å². The predicted octanol–water partition coefficient (Wildman–Crippen LogP) is 12.0. The predicted molar refractivity (Wildman–Crippen MR) is 311 cm³/mol. The number of alkyl carbamates (subject to hydrolysis) is 3. The van der Waals surface area contributed by atoms with Crippen LogP contribution in [0.15, 0.2) is 64.2 Å². The van der Waals surface area contributed by atoms with E-state index in [9.17, 15) is 34.0 Å². The maximum Gasteiger partial charge on any atom is 0.408 e. The van der Waals surface area contributed by atoms with E-state index in [0.29, 0.717) is 59.8 Å². The van der Waals surface area contributed by atoms with Gasteiger partial charge in [-0.15, -0.1) is 0 Å². The Labute approximate surface area is 494 Å². The van der Waals surface area contributed by atoms with Crippen molar-refractivity contribution < 1.29 is 66.3 Å². The second kappa shape index (κ2) is 31.1. The van der Waals surface area contributed by atoms with Crippen LogP contribution in [-0.2, 0) is 48.6 Å². The van der Waals surface area contributed by atoms with Gasteiger partial charge in [0.05, 0.1) is 17.8 Å². The van der Waals surface area contributed by atoms with Gasteiger partial charge in [-0.2, -0.15) is 5.26 Å². The highest BCUT2D eigenvalue weighted by atomic mass is 35.5. The largest absolute Gasteiger partial charge is 0.490 e. The van der Waals surface area contributed by atoms with Gasteiger partial charge in [-0.1, -0.05) is 48.3 Å². The van der Waals surface area contributed by atoms with E-state index in [1.165, 1.54) is 18.0 Å². The highest BCUT2D eigenvalue weighted by Crippen LogP contribution is 2.42. The van der Waals surface area contributed by atoms with Crippen LogP contribution < -0.4 is 26.4 Å². The molecular formula is C59H77ClN8O14S. The third-order valence-corrected chi connectivity index (χ3v) is 12.3. The lowest BCUT2D eigenvalue weighted by Crippen LogP contribution is -2.47. The van der Waals surface area contributed by atoms with E-state index in [1.54, 1.807) is 132 Å². The Kier molecular flexibility index (Phi) is 25.3. The van der Waals surface area contributed by atoms with E-state index in [2.05, 4.69) is 36.8 Å². The number of carbonyl (C=O) groups is 6. The molecule has 83 heavy (non-hydrogen) atoms. The Morgan fingerprint density at radius 3 is 1.84 bits per heavy atom. The first-order chi connectivity index (χ1) is 38.8. The molecule has 0 unspecified atom stereocenters. The van der Waals surface area contributed by atoms with E-state index in [1.807, 2.05) is 0 Å². The maximum atomic E-state index is 14.2. The molecule has 0 radical (unpaired) electrons. The molecule has 3 amide bonds. The van der Waals surface area contributed by atoms with Crippen LogP contribution in [0.4, 0.5) is 25.9 Å². The highest BCUT2D eigenvalue weighted by Gasteiger charge is 2.31. The van der Waals surface area contributed by atoms with Gasteiger partial charge in [0.1, 0.15) is 76.6 Å². The first-order valence-electron chi connectivity index (χ1n) is 27.0. The minimum atomic E-state index is -1.34. The summed E-state index contributed by atoms with van der Waals surface area (Å²) in [7, 11) is 0. The molecule has 2 aromatic heterocycles. The second-order valence-electron chi connectivity index (χ2n) is 23.1. The van der Waals surface area contributed by atoms with Gasteiger partial charge in [0.2, 0.25) is 11.6 Å². The van der Waals surface area contributed by atoms with Gasteiger partial charge in [-0.3, -0.25) is 4.79 Å². The Morgan fingerprint density at radius 2 is 1.28 bits per heavy atom. The third kappa shape index (κ3) is 25.1. The van der Waals surface area contributed by atoms with Crippen molar-refractivity contribution in [2.75, 3.05) is 25.5 Å². The molecule has 4 rings (SSSR count). The monoisotopic (exact) mass is 1190 g/mol. The topological polar surface area (TPSA) is 296 Å². The summed E-state index contributed by atoms with van der Waals surface area (Å²) < 4.78 is 45.2. The molecule has 22 nitrogen and oxygen atoms in total. The Balaban J connectivity index is 1.60. The van der Waals surface area contributed by atoms with Crippen molar-refractivity contribution in [3.8, 4) is 34.4 Å². The minimum absolute atomic E-state index is 0.0290. The minimum Gasteiger partial charge on any atom is -0.490 e. The summed E-state index contributed by atoms with van der Waals surface area (Å²) >= 11 is 7.22. The standard InChI is InChI=1S/C59H77ClN8O14S/c1-56(2,3)79-45(69)21-16-14-15-19-43(66-54(73)81-58(7,8)9)51(70)77-34-41(78-52(71)44(67-55(74)82-59(10,11)12)20-17-18-30-64-53(72)80-57(4,5)6)33-75-40-28-24-36(25-29-40)46-42(31-61)50(68-48(62)47(46)63-13)83-35-39-32-76-49(65-39)37-22-26-38(60)27-23-37/h22-29,32,41,43-44H,14-21,30,33-35H2,1-12H3,(H2,62,68)(H,64,72)(H,66,73)(H,67,74)/t41-,43-,44-/m0/s1. The molecule has 0 bridgehead atoms. The molecule has 0 saturated carbocycles.